The number of anilines is 3. The van der Waals surface area contributed by atoms with Gasteiger partial charge in [-0.05, 0) is 39.0 Å². The molecule has 1 aromatic carbocycles. The lowest BCUT2D eigenvalue weighted by Crippen LogP contribution is -2.24. The number of nitrogens with zero attached hydrogens (tertiary/aromatic N) is 7. The average molecular weight is 538 g/mol. The highest BCUT2D eigenvalue weighted by atomic mass is 16.5. The highest BCUT2D eigenvalue weighted by Crippen LogP contribution is 2.36. The van der Waals surface area contributed by atoms with Gasteiger partial charge in [-0.25, -0.2) is 14.8 Å². The molecule has 0 aliphatic heterocycles. The first-order chi connectivity index (χ1) is 18.7. The summed E-state index contributed by atoms with van der Waals surface area (Å²) in [5, 5.41) is 24.8. The van der Waals surface area contributed by atoms with Crippen LogP contribution in [0, 0.1) is 13.8 Å². The van der Waals surface area contributed by atoms with Gasteiger partial charge < -0.3 is 20.5 Å². The number of aromatic carboxylic acids is 1. The lowest BCUT2D eigenvalue weighted by Gasteiger charge is -2.17. The molecule has 0 saturated heterocycles. The Hall–Kier alpha value is -4.48. The van der Waals surface area contributed by atoms with Crippen molar-refractivity contribution in [1.82, 2.24) is 34.5 Å². The molecule has 3 aromatic heterocycles. The summed E-state index contributed by atoms with van der Waals surface area (Å²) in [5.41, 5.74) is 3.08. The SMILES string of the molecule is CC.CC.COc1c(Nc2nc(NC(C)Cn3nc(C)cc3C)ncc2C(=O)O)cccc1-c1ncn(C)n1. The molecule has 0 saturated carbocycles. The number of aromatic nitrogens is 7. The first-order valence-electron chi connectivity index (χ1n) is 12.9. The van der Waals surface area contributed by atoms with Gasteiger partial charge in [0.2, 0.25) is 5.95 Å². The molecule has 1 atom stereocenters. The van der Waals surface area contributed by atoms with Crippen LogP contribution in [0.3, 0.4) is 0 Å². The van der Waals surface area contributed by atoms with E-state index in [-0.39, 0.29) is 23.4 Å². The van der Waals surface area contributed by atoms with Crippen molar-refractivity contribution in [2.24, 2.45) is 7.05 Å². The average Bonchev–Trinajstić information content (AvgIpc) is 3.49. The van der Waals surface area contributed by atoms with Crippen LogP contribution < -0.4 is 15.4 Å². The first-order valence-corrected chi connectivity index (χ1v) is 12.9. The summed E-state index contributed by atoms with van der Waals surface area (Å²) in [7, 11) is 3.30. The van der Waals surface area contributed by atoms with E-state index in [0.717, 1.165) is 11.4 Å². The van der Waals surface area contributed by atoms with Crippen LogP contribution in [0.5, 0.6) is 5.75 Å². The van der Waals surface area contributed by atoms with E-state index in [4.69, 9.17) is 4.74 Å². The van der Waals surface area contributed by atoms with Crippen LogP contribution in [0.1, 0.15) is 56.4 Å². The summed E-state index contributed by atoms with van der Waals surface area (Å²) >= 11 is 0. The number of carboxylic acid groups (broad SMARTS) is 1. The molecule has 0 fully saturated rings. The number of methoxy groups -OCH3 is 1. The largest absolute Gasteiger partial charge is 0.494 e. The molecule has 4 rings (SSSR count). The number of benzene rings is 1. The van der Waals surface area contributed by atoms with Gasteiger partial charge >= 0.3 is 5.97 Å². The lowest BCUT2D eigenvalue weighted by atomic mass is 10.1. The van der Waals surface area contributed by atoms with Crippen LogP contribution >= 0.6 is 0 Å². The molecule has 1 unspecified atom stereocenters. The number of rotatable bonds is 9. The summed E-state index contributed by atoms with van der Waals surface area (Å²) in [6, 6.07) is 7.33. The van der Waals surface area contributed by atoms with Crippen molar-refractivity contribution in [3.63, 3.8) is 0 Å². The van der Waals surface area contributed by atoms with Gasteiger partial charge in [-0.3, -0.25) is 9.36 Å². The maximum Gasteiger partial charge on any atom is 0.341 e. The van der Waals surface area contributed by atoms with E-state index >= 15 is 0 Å². The zero-order chi connectivity index (χ0) is 29.1. The number of carboxylic acids is 1. The molecule has 12 nitrogen and oxygen atoms in total. The molecule has 3 heterocycles. The zero-order valence-electron chi connectivity index (χ0n) is 24.1. The van der Waals surface area contributed by atoms with Crippen LogP contribution in [-0.4, -0.2) is 58.7 Å². The molecule has 0 amide bonds. The van der Waals surface area contributed by atoms with Crippen molar-refractivity contribution in [2.75, 3.05) is 17.7 Å². The van der Waals surface area contributed by atoms with Gasteiger partial charge in [0, 0.05) is 25.0 Å². The van der Waals surface area contributed by atoms with E-state index < -0.39 is 5.97 Å². The fourth-order valence-electron chi connectivity index (χ4n) is 3.71. The highest BCUT2D eigenvalue weighted by molar-refractivity contribution is 5.94. The van der Waals surface area contributed by atoms with E-state index in [1.807, 2.05) is 65.3 Å². The molecular formula is C27H39N9O3. The van der Waals surface area contributed by atoms with Crippen molar-refractivity contribution in [3.8, 4) is 17.1 Å². The van der Waals surface area contributed by atoms with E-state index in [0.29, 0.717) is 29.4 Å². The second kappa shape index (κ2) is 14.5. The molecule has 0 radical (unpaired) electrons. The third kappa shape index (κ3) is 7.76. The van der Waals surface area contributed by atoms with Crippen LogP contribution in [-0.2, 0) is 13.6 Å². The molecule has 3 N–H and O–H groups in total. The summed E-state index contributed by atoms with van der Waals surface area (Å²) in [6.07, 6.45) is 2.86. The second-order valence-corrected chi connectivity index (χ2v) is 8.17. The summed E-state index contributed by atoms with van der Waals surface area (Å²) in [6.45, 7) is 14.5. The maximum absolute atomic E-state index is 11.9. The standard InChI is InChI=1S/C23H27N9O3.2C2H6/c1-13-9-15(3)32(29-13)11-14(2)26-23-24-10-17(22(33)34)21(28-23)27-18-8-6-7-16(19(18)35-5)20-25-12-31(4)30-20;2*1-2/h6-10,12,14H,11H2,1-5H3,(H,33,34)(H2,24,26,27,28);2*1-2H3. The van der Waals surface area contributed by atoms with Crippen LogP contribution in [0.25, 0.3) is 11.4 Å². The van der Waals surface area contributed by atoms with Gasteiger partial charge in [0.15, 0.2) is 17.4 Å². The van der Waals surface area contributed by atoms with Gasteiger partial charge in [0.05, 0.1) is 30.6 Å². The first kappa shape index (κ1) is 30.7. The summed E-state index contributed by atoms with van der Waals surface area (Å²) < 4.78 is 9.11. The Kier molecular flexibility index (Phi) is 11.4. The summed E-state index contributed by atoms with van der Waals surface area (Å²) in [4.78, 5) is 24.8. The van der Waals surface area contributed by atoms with Crippen LogP contribution in [0.15, 0.2) is 36.8 Å². The van der Waals surface area contributed by atoms with Crippen LogP contribution in [0.2, 0.25) is 0 Å². The third-order valence-electron chi connectivity index (χ3n) is 5.26. The molecule has 0 aliphatic carbocycles. The zero-order valence-corrected chi connectivity index (χ0v) is 24.1. The highest BCUT2D eigenvalue weighted by Gasteiger charge is 2.19. The Labute approximate surface area is 229 Å². The van der Waals surface area contributed by atoms with Crippen molar-refractivity contribution >= 4 is 23.4 Å². The molecule has 0 aliphatic rings. The van der Waals surface area contributed by atoms with Crippen LogP contribution in [0.4, 0.5) is 17.5 Å². The number of hydrogen-bond acceptors (Lipinski definition) is 9. The maximum atomic E-state index is 11.9. The number of hydrogen-bond donors (Lipinski definition) is 3. The van der Waals surface area contributed by atoms with E-state index in [9.17, 15) is 9.90 Å². The summed E-state index contributed by atoms with van der Waals surface area (Å²) in [5.74, 6) is 0.192. The lowest BCUT2D eigenvalue weighted by molar-refractivity contribution is 0.0697. The minimum Gasteiger partial charge on any atom is -0.494 e. The quantitative estimate of drug-likeness (QED) is 0.264. The van der Waals surface area contributed by atoms with Gasteiger partial charge in [-0.15, -0.1) is 0 Å². The molecule has 0 spiro atoms. The predicted molar refractivity (Wildman–Crippen MR) is 153 cm³/mol. The molecule has 39 heavy (non-hydrogen) atoms. The third-order valence-corrected chi connectivity index (χ3v) is 5.26. The van der Waals surface area contributed by atoms with Crippen molar-refractivity contribution in [3.05, 3.63) is 53.7 Å². The molecule has 0 bridgehead atoms. The Bertz CT molecular complexity index is 1360. The monoisotopic (exact) mass is 537 g/mol. The Balaban J connectivity index is 0.00000127. The van der Waals surface area contributed by atoms with Gasteiger partial charge in [0.25, 0.3) is 0 Å². The Morgan fingerprint density at radius 1 is 1.13 bits per heavy atom. The molecule has 4 aromatic rings. The van der Waals surface area contributed by atoms with Gasteiger partial charge in [-0.1, -0.05) is 33.8 Å². The van der Waals surface area contributed by atoms with Crippen molar-refractivity contribution in [2.45, 2.75) is 61.1 Å². The molecule has 12 heteroatoms. The van der Waals surface area contributed by atoms with Gasteiger partial charge in [0.1, 0.15) is 11.9 Å². The van der Waals surface area contributed by atoms with E-state index in [1.165, 1.54) is 13.3 Å². The topological polar surface area (TPSA) is 145 Å². The fraction of sp³-hybridized carbons (Fsp3) is 0.407. The number of aryl methyl sites for hydroxylation is 3. The fourth-order valence-corrected chi connectivity index (χ4v) is 3.71. The van der Waals surface area contributed by atoms with E-state index in [2.05, 4.69) is 35.8 Å². The number of ether oxygens (including phenoxy) is 1. The minimum atomic E-state index is -1.16. The van der Waals surface area contributed by atoms with Crippen molar-refractivity contribution < 1.29 is 14.6 Å². The minimum absolute atomic E-state index is 0.0652. The Morgan fingerprint density at radius 3 is 2.41 bits per heavy atom. The number of carbonyl (C=O) groups is 1. The van der Waals surface area contributed by atoms with E-state index in [1.54, 1.807) is 30.2 Å². The Morgan fingerprint density at radius 2 is 1.85 bits per heavy atom. The van der Waals surface area contributed by atoms with Gasteiger partial charge in [-0.2, -0.15) is 15.2 Å². The number of para-hydroxylation sites is 1. The van der Waals surface area contributed by atoms with Crippen molar-refractivity contribution in [1.29, 1.82) is 0 Å². The number of nitrogens with one attached hydrogen (secondary N) is 2. The smallest absolute Gasteiger partial charge is 0.341 e. The predicted octanol–water partition coefficient (Wildman–Crippen LogP) is 5.09. The molecular weight excluding hydrogens is 498 g/mol. The normalized spacial score (nSPS) is 10.9. The second-order valence-electron chi connectivity index (χ2n) is 8.17. The molecule has 210 valence electrons.